The zero-order valence-electron chi connectivity index (χ0n) is 12.0. The van der Waals surface area contributed by atoms with Gasteiger partial charge in [0.2, 0.25) is 0 Å². The van der Waals surface area contributed by atoms with Crippen LogP contribution in [0.15, 0.2) is 24.3 Å². The van der Waals surface area contributed by atoms with Crippen LogP contribution >= 0.6 is 0 Å². The number of nitrogens with one attached hydrogen (secondary N) is 1. The maximum absolute atomic E-state index is 5.80. The molecule has 1 aromatic rings. The van der Waals surface area contributed by atoms with Crippen LogP contribution < -0.4 is 5.32 Å². The fourth-order valence-corrected chi connectivity index (χ4v) is 2.70. The zero-order chi connectivity index (χ0) is 13.5. The van der Waals surface area contributed by atoms with Gasteiger partial charge in [-0.1, -0.05) is 31.5 Å². The zero-order valence-corrected chi connectivity index (χ0v) is 12.0. The molecule has 3 nitrogen and oxygen atoms in total. The van der Waals surface area contributed by atoms with Crippen molar-refractivity contribution in [3.8, 4) is 0 Å². The number of anilines is 1. The van der Waals surface area contributed by atoms with Crippen molar-refractivity contribution in [1.82, 2.24) is 0 Å². The molecule has 1 aliphatic rings. The van der Waals surface area contributed by atoms with Gasteiger partial charge in [-0.05, 0) is 25.3 Å². The summed E-state index contributed by atoms with van der Waals surface area (Å²) in [6.07, 6.45) is 4.97. The number of para-hydroxylation sites is 1. The lowest BCUT2D eigenvalue weighted by Gasteiger charge is -2.31. The molecule has 0 bridgehead atoms. The molecule has 1 fully saturated rings. The Balaban J connectivity index is 1.96. The Morgan fingerprint density at radius 2 is 2.21 bits per heavy atom. The van der Waals surface area contributed by atoms with E-state index in [-0.39, 0.29) is 0 Å². The number of hydrogen-bond donors (Lipinski definition) is 1. The molecule has 3 heteroatoms. The van der Waals surface area contributed by atoms with E-state index in [9.17, 15) is 0 Å². The van der Waals surface area contributed by atoms with E-state index in [4.69, 9.17) is 9.47 Å². The summed E-state index contributed by atoms with van der Waals surface area (Å²) in [5.74, 6) is 0. The van der Waals surface area contributed by atoms with Gasteiger partial charge in [-0.2, -0.15) is 0 Å². The summed E-state index contributed by atoms with van der Waals surface area (Å²) in [5.41, 5.74) is 2.43. The van der Waals surface area contributed by atoms with Crippen LogP contribution in [-0.4, -0.2) is 25.9 Å². The molecule has 0 saturated carbocycles. The van der Waals surface area contributed by atoms with Crippen LogP contribution in [0.4, 0.5) is 5.69 Å². The van der Waals surface area contributed by atoms with Gasteiger partial charge in [-0.3, -0.25) is 0 Å². The Hall–Kier alpha value is -1.06. The molecule has 0 aromatic heterocycles. The minimum Gasteiger partial charge on any atom is -0.382 e. The molecule has 0 radical (unpaired) electrons. The summed E-state index contributed by atoms with van der Waals surface area (Å²) in [6.45, 7) is 3.74. The SMILES string of the molecule is CCCC1CC(Nc2ccccc2COC)CCO1. The van der Waals surface area contributed by atoms with Gasteiger partial charge in [0.25, 0.3) is 0 Å². The highest BCUT2D eigenvalue weighted by Crippen LogP contribution is 2.23. The molecule has 1 aliphatic heterocycles. The second kappa shape index (κ2) is 7.51. The average molecular weight is 263 g/mol. The summed E-state index contributed by atoms with van der Waals surface area (Å²) in [6, 6.07) is 8.91. The van der Waals surface area contributed by atoms with Crippen LogP contribution in [-0.2, 0) is 16.1 Å². The number of hydrogen-bond acceptors (Lipinski definition) is 3. The second-order valence-corrected chi connectivity index (χ2v) is 5.24. The standard InChI is InChI=1S/C16H25NO2/c1-3-6-15-11-14(9-10-19-15)17-16-8-5-4-7-13(16)12-18-2/h4-5,7-8,14-15,17H,3,6,9-12H2,1-2H3. The number of ether oxygens (including phenoxy) is 2. The van der Waals surface area contributed by atoms with Gasteiger partial charge in [0, 0.05) is 31.0 Å². The van der Waals surface area contributed by atoms with Crippen LogP contribution in [0, 0.1) is 0 Å². The van der Waals surface area contributed by atoms with E-state index >= 15 is 0 Å². The highest BCUT2D eigenvalue weighted by atomic mass is 16.5. The third-order valence-corrected chi connectivity index (χ3v) is 3.65. The van der Waals surface area contributed by atoms with Crippen molar-refractivity contribution >= 4 is 5.69 Å². The molecule has 19 heavy (non-hydrogen) atoms. The molecular formula is C16H25NO2. The van der Waals surface area contributed by atoms with Crippen molar-refractivity contribution in [1.29, 1.82) is 0 Å². The quantitative estimate of drug-likeness (QED) is 0.850. The Kier molecular flexibility index (Phi) is 5.67. The van der Waals surface area contributed by atoms with Crippen molar-refractivity contribution in [3.05, 3.63) is 29.8 Å². The van der Waals surface area contributed by atoms with E-state index in [0.717, 1.165) is 25.9 Å². The fraction of sp³-hybridized carbons (Fsp3) is 0.625. The predicted octanol–water partition coefficient (Wildman–Crippen LogP) is 3.59. The van der Waals surface area contributed by atoms with E-state index in [0.29, 0.717) is 18.8 Å². The molecule has 106 valence electrons. The summed E-state index contributed by atoms with van der Waals surface area (Å²) in [5, 5.41) is 3.66. The van der Waals surface area contributed by atoms with Gasteiger partial charge in [0.05, 0.1) is 12.7 Å². The molecule has 1 heterocycles. The Labute approximate surface area is 116 Å². The first-order valence-corrected chi connectivity index (χ1v) is 7.28. The van der Waals surface area contributed by atoms with E-state index in [1.54, 1.807) is 7.11 Å². The molecule has 0 aliphatic carbocycles. The van der Waals surface area contributed by atoms with Crippen molar-refractivity contribution < 1.29 is 9.47 Å². The highest BCUT2D eigenvalue weighted by molar-refractivity contribution is 5.51. The lowest BCUT2D eigenvalue weighted by atomic mass is 9.99. The monoisotopic (exact) mass is 263 g/mol. The van der Waals surface area contributed by atoms with Crippen LogP contribution in [0.25, 0.3) is 0 Å². The van der Waals surface area contributed by atoms with Gasteiger partial charge in [-0.15, -0.1) is 0 Å². The summed E-state index contributed by atoms with van der Waals surface area (Å²) in [4.78, 5) is 0. The average Bonchev–Trinajstić information content (AvgIpc) is 2.42. The maximum Gasteiger partial charge on any atom is 0.0733 e. The van der Waals surface area contributed by atoms with E-state index in [1.165, 1.54) is 17.7 Å². The summed E-state index contributed by atoms with van der Waals surface area (Å²) >= 11 is 0. The van der Waals surface area contributed by atoms with Crippen LogP contribution in [0.3, 0.4) is 0 Å². The largest absolute Gasteiger partial charge is 0.382 e. The van der Waals surface area contributed by atoms with E-state index in [1.807, 2.05) is 0 Å². The van der Waals surface area contributed by atoms with Crippen molar-refractivity contribution in [2.24, 2.45) is 0 Å². The van der Waals surface area contributed by atoms with Crippen LogP contribution in [0.1, 0.15) is 38.2 Å². The van der Waals surface area contributed by atoms with Crippen molar-refractivity contribution in [2.75, 3.05) is 19.0 Å². The minimum absolute atomic E-state index is 0.422. The van der Waals surface area contributed by atoms with Crippen molar-refractivity contribution in [3.63, 3.8) is 0 Å². The molecular weight excluding hydrogens is 238 g/mol. The molecule has 1 saturated heterocycles. The third kappa shape index (κ3) is 4.22. The Bertz CT molecular complexity index is 379. The van der Waals surface area contributed by atoms with Gasteiger partial charge in [0.15, 0.2) is 0 Å². The van der Waals surface area contributed by atoms with Crippen LogP contribution in [0.2, 0.25) is 0 Å². The molecule has 2 unspecified atom stereocenters. The number of methoxy groups -OCH3 is 1. The molecule has 2 rings (SSSR count). The van der Waals surface area contributed by atoms with Gasteiger partial charge < -0.3 is 14.8 Å². The Morgan fingerprint density at radius 3 is 3.00 bits per heavy atom. The van der Waals surface area contributed by atoms with Gasteiger partial charge in [0.1, 0.15) is 0 Å². The van der Waals surface area contributed by atoms with Crippen molar-refractivity contribution in [2.45, 2.75) is 51.4 Å². The normalized spacial score (nSPS) is 23.3. The van der Waals surface area contributed by atoms with Gasteiger partial charge in [-0.25, -0.2) is 0 Å². The molecule has 1 aromatic carbocycles. The molecule has 1 N–H and O–H groups in total. The number of rotatable bonds is 6. The topological polar surface area (TPSA) is 30.5 Å². The van der Waals surface area contributed by atoms with E-state index in [2.05, 4.69) is 36.5 Å². The molecule has 0 spiro atoms. The van der Waals surface area contributed by atoms with Crippen LogP contribution in [0.5, 0.6) is 0 Å². The number of benzene rings is 1. The Morgan fingerprint density at radius 1 is 1.37 bits per heavy atom. The third-order valence-electron chi connectivity index (χ3n) is 3.65. The first-order valence-electron chi connectivity index (χ1n) is 7.28. The summed E-state index contributed by atoms with van der Waals surface area (Å²) < 4.78 is 11.1. The molecule has 2 atom stereocenters. The lowest BCUT2D eigenvalue weighted by molar-refractivity contribution is 0.00595. The maximum atomic E-state index is 5.80. The first-order chi connectivity index (χ1) is 9.33. The molecule has 0 amide bonds. The fourth-order valence-electron chi connectivity index (χ4n) is 2.70. The second-order valence-electron chi connectivity index (χ2n) is 5.24. The predicted molar refractivity (Wildman–Crippen MR) is 78.4 cm³/mol. The first kappa shape index (κ1) is 14.4. The lowest BCUT2D eigenvalue weighted by Crippen LogP contribution is -2.34. The minimum atomic E-state index is 0.422. The summed E-state index contributed by atoms with van der Waals surface area (Å²) in [7, 11) is 1.74. The van der Waals surface area contributed by atoms with E-state index < -0.39 is 0 Å². The smallest absolute Gasteiger partial charge is 0.0733 e. The highest BCUT2D eigenvalue weighted by Gasteiger charge is 2.22. The van der Waals surface area contributed by atoms with Gasteiger partial charge >= 0.3 is 0 Å².